The lowest BCUT2D eigenvalue weighted by Gasteiger charge is -2.11. The maximum Gasteiger partial charge on any atom is 0.329 e. The zero-order chi connectivity index (χ0) is 14.5. The van der Waals surface area contributed by atoms with E-state index in [0.717, 1.165) is 10.8 Å². The molecule has 0 saturated carbocycles. The lowest BCUT2D eigenvalue weighted by atomic mass is 10.00. The summed E-state index contributed by atoms with van der Waals surface area (Å²) in [6.45, 7) is 1.93. The normalized spacial score (nSPS) is 11.7. The van der Waals surface area contributed by atoms with Gasteiger partial charge in [0.05, 0.1) is 25.5 Å². The van der Waals surface area contributed by atoms with Crippen molar-refractivity contribution in [1.29, 1.82) is 5.26 Å². The Morgan fingerprint density at radius 1 is 1.45 bits per heavy atom. The summed E-state index contributed by atoms with van der Waals surface area (Å²) in [7, 11) is 1.58. The number of esters is 1. The van der Waals surface area contributed by atoms with Crippen LogP contribution in [0.2, 0.25) is 0 Å². The van der Waals surface area contributed by atoms with E-state index < -0.39 is 11.9 Å². The number of hydrogen-bond acceptors (Lipinski definition) is 5. The van der Waals surface area contributed by atoms with Crippen LogP contribution >= 0.6 is 0 Å². The van der Waals surface area contributed by atoms with Gasteiger partial charge in [0.15, 0.2) is 5.92 Å². The van der Waals surface area contributed by atoms with Crippen molar-refractivity contribution < 1.29 is 14.3 Å². The molecule has 1 heterocycles. The van der Waals surface area contributed by atoms with E-state index in [0.29, 0.717) is 11.4 Å². The standard InChI is InChI=1S/C15H14N2O3/c1-3-20-15(18)13(9-16)14-12-5-4-11(19-2)8-10(12)6-7-17-14/h4-8,13H,3H2,1-2H3. The first-order valence-corrected chi connectivity index (χ1v) is 6.20. The van der Waals surface area contributed by atoms with E-state index in [4.69, 9.17) is 9.47 Å². The van der Waals surface area contributed by atoms with E-state index in [2.05, 4.69) is 4.98 Å². The average Bonchev–Trinajstić information content (AvgIpc) is 2.48. The van der Waals surface area contributed by atoms with Crippen molar-refractivity contribution in [1.82, 2.24) is 4.98 Å². The second kappa shape index (κ2) is 6.02. The van der Waals surface area contributed by atoms with Gasteiger partial charge in [-0.3, -0.25) is 9.78 Å². The van der Waals surface area contributed by atoms with Gasteiger partial charge in [-0.25, -0.2) is 0 Å². The summed E-state index contributed by atoms with van der Waals surface area (Å²) in [6.07, 6.45) is 1.57. The van der Waals surface area contributed by atoms with E-state index >= 15 is 0 Å². The molecule has 2 rings (SSSR count). The third-order valence-electron chi connectivity index (χ3n) is 2.93. The van der Waals surface area contributed by atoms with E-state index in [1.54, 1.807) is 38.4 Å². The van der Waals surface area contributed by atoms with Gasteiger partial charge in [-0.1, -0.05) is 0 Å². The molecule has 2 aromatic rings. The molecule has 0 N–H and O–H groups in total. The van der Waals surface area contributed by atoms with Crippen LogP contribution in [0.3, 0.4) is 0 Å². The maximum absolute atomic E-state index is 11.8. The molecular formula is C15H14N2O3. The van der Waals surface area contributed by atoms with Crippen LogP contribution < -0.4 is 4.74 Å². The molecule has 1 unspecified atom stereocenters. The number of nitriles is 1. The number of nitrogens with zero attached hydrogens (tertiary/aromatic N) is 2. The monoisotopic (exact) mass is 270 g/mol. The molecule has 1 aromatic heterocycles. The minimum Gasteiger partial charge on any atom is -0.497 e. The van der Waals surface area contributed by atoms with Crippen LogP contribution in [0, 0.1) is 11.3 Å². The smallest absolute Gasteiger partial charge is 0.329 e. The Bertz CT molecular complexity index is 676. The van der Waals surface area contributed by atoms with Crippen molar-refractivity contribution in [2.24, 2.45) is 0 Å². The first kappa shape index (κ1) is 13.8. The van der Waals surface area contributed by atoms with Crippen molar-refractivity contribution >= 4 is 16.7 Å². The summed E-state index contributed by atoms with van der Waals surface area (Å²) in [5.41, 5.74) is 0.408. The molecule has 1 atom stereocenters. The average molecular weight is 270 g/mol. The Hall–Kier alpha value is -2.61. The second-order valence-corrected chi connectivity index (χ2v) is 4.10. The molecule has 102 valence electrons. The predicted molar refractivity (Wildman–Crippen MR) is 73.3 cm³/mol. The summed E-state index contributed by atoms with van der Waals surface area (Å²) in [6, 6.07) is 9.16. The van der Waals surface area contributed by atoms with Crippen LogP contribution in [-0.2, 0) is 9.53 Å². The molecule has 0 spiro atoms. The van der Waals surface area contributed by atoms with E-state index in [1.165, 1.54) is 0 Å². The molecule has 5 heteroatoms. The third-order valence-corrected chi connectivity index (χ3v) is 2.93. The number of methoxy groups -OCH3 is 1. The fourth-order valence-electron chi connectivity index (χ4n) is 1.99. The van der Waals surface area contributed by atoms with Crippen molar-refractivity contribution in [3.8, 4) is 11.8 Å². The first-order chi connectivity index (χ1) is 9.71. The number of carbonyl (C=O) groups excluding carboxylic acids is 1. The fourth-order valence-corrected chi connectivity index (χ4v) is 1.99. The first-order valence-electron chi connectivity index (χ1n) is 6.20. The number of fused-ring (bicyclic) bond motifs is 1. The van der Waals surface area contributed by atoms with Gasteiger partial charge in [-0.2, -0.15) is 5.26 Å². The molecule has 0 radical (unpaired) electrons. The Morgan fingerprint density at radius 2 is 2.25 bits per heavy atom. The number of benzene rings is 1. The molecule has 1 aromatic carbocycles. The molecule has 0 aliphatic heterocycles. The van der Waals surface area contributed by atoms with Gasteiger partial charge >= 0.3 is 5.97 Å². The molecule has 20 heavy (non-hydrogen) atoms. The van der Waals surface area contributed by atoms with Crippen LogP contribution in [-0.4, -0.2) is 24.7 Å². The van der Waals surface area contributed by atoms with Crippen LogP contribution in [0.25, 0.3) is 10.8 Å². The molecule has 0 bridgehead atoms. The van der Waals surface area contributed by atoms with Crippen molar-refractivity contribution in [2.75, 3.05) is 13.7 Å². The minimum absolute atomic E-state index is 0.232. The van der Waals surface area contributed by atoms with Crippen LogP contribution in [0.1, 0.15) is 18.5 Å². The summed E-state index contributed by atoms with van der Waals surface area (Å²) in [5.74, 6) is -0.892. The van der Waals surface area contributed by atoms with Gasteiger partial charge in [0.1, 0.15) is 5.75 Å². The van der Waals surface area contributed by atoms with Gasteiger partial charge < -0.3 is 9.47 Å². The fraction of sp³-hybridized carbons (Fsp3) is 0.267. The zero-order valence-corrected chi connectivity index (χ0v) is 11.3. The van der Waals surface area contributed by atoms with Crippen molar-refractivity contribution in [3.05, 3.63) is 36.2 Å². The summed E-state index contributed by atoms with van der Waals surface area (Å²) in [4.78, 5) is 16.0. The molecule has 0 saturated heterocycles. The SMILES string of the molecule is CCOC(=O)C(C#N)c1nccc2cc(OC)ccc12. The highest BCUT2D eigenvalue weighted by Crippen LogP contribution is 2.27. The summed E-state index contributed by atoms with van der Waals surface area (Å²) in [5, 5.41) is 10.8. The molecule has 0 aliphatic rings. The number of carbonyl (C=O) groups is 1. The molecule has 0 fully saturated rings. The van der Waals surface area contributed by atoms with Gasteiger partial charge in [0.2, 0.25) is 0 Å². The zero-order valence-electron chi connectivity index (χ0n) is 11.3. The Morgan fingerprint density at radius 3 is 2.90 bits per heavy atom. The Balaban J connectivity index is 2.53. The van der Waals surface area contributed by atoms with Crippen LogP contribution in [0.5, 0.6) is 5.75 Å². The lowest BCUT2D eigenvalue weighted by Crippen LogP contribution is -2.16. The summed E-state index contributed by atoms with van der Waals surface area (Å²) < 4.78 is 10.1. The van der Waals surface area contributed by atoms with E-state index in [-0.39, 0.29) is 6.61 Å². The van der Waals surface area contributed by atoms with Crippen LogP contribution in [0.4, 0.5) is 0 Å². The predicted octanol–water partition coefficient (Wildman–Crippen LogP) is 2.41. The minimum atomic E-state index is -1.02. The van der Waals surface area contributed by atoms with Gasteiger partial charge in [0.25, 0.3) is 0 Å². The van der Waals surface area contributed by atoms with Crippen molar-refractivity contribution in [2.45, 2.75) is 12.8 Å². The highest BCUT2D eigenvalue weighted by atomic mass is 16.5. The third kappa shape index (κ3) is 2.54. The largest absolute Gasteiger partial charge is 0.497 e. The molecular weight excluding hydrogens is 256 g/mol. The van der Waals surface area contributed by atoms with Gasteiger partial charge in [-0.15, -0.1) is 0 Å². The lowest BCUT2D eigenvalue weighted by molar-refractivity contribution is -0.143. The van der Waals surface area contributed by atoms with Crippen molar-refractivity contribution in [3.63, 3.8) is 0 Å². The van der Waals surface area contributed by atoms with Gasteiger partial charge in [0, 0.05) is 11.6 Å². The maximum atomic E-state index is 11.8. The molecule has 0 aliphatic carbocycles. The summed E-state index contributed by atoms with van der Waals surface area (Å²) >= 11 is 0. The molecule has 0 amide bonds. The van der Waals surface area contributed by atoms with Gasteiger partial charge in [-0.05, 0) is 36.6 Å². The number of pyridine rings is 1. The number of aromatic nitrogens is 1. The Kier molecular flexibility index (Phi) is 4.16. The highest BCUT2D eigenvalue weighted by Gasteiger charge is 2.25. The highest BCUT2D eigenvalue weighted by molar-refractivity contribution is 5.92. The van der Waals surface area contributed by atoms with E-state index in [1.807, 2.05) is 12.1 Å². The number of hydrogen-bond donors (Lipinski definition) is 0. The number of rotatable bonds is 4. The number of ether oxygens (including phenoxy) is 2. The topological polar surface area (TPSA) is 72.2 Å². The van der Waals surface area contributed by atoms with E-state index in [9.17, 15) is 10.1 Å². The molecule has 5 nitrogen and oxygen atoms in total. The Labute approximate surface area is 116 Å². The second-order valence-electron chi connectivity index (χ2n) is 4.10. The van der Waals surface area contributed by atoms with Crippen LogP contribution in [0.15, 0.2) is 30.5 Å². The quantitative estimate of drug-likeness (QED) is 0.798.